The van der Waals surface area contributed by atoms with Gasteiger partial charge < -0.3 is 16.8 Å². The Labute approximate surface area is 108 Å². The molecule has 1 aliphatic rings. The van der Waals surface area contributed by atoms with Crippen LogP contribution in [0.2, 0.25) is 0 Å². The van der Waals surface area contributed by atoms with E-state index in [2.05, 4.69) is 12.2 Å². The molecule has 0 radical (unpaired) electrons. The molecule has 1 saturated carbocycles. The van der Waals surface area contributed by atoms with Crippen LogP contribution < -0.4 is 16.8 Å². The van der Waals surface area contributed by atoms with Gasteiger partial charge in [-0.1, -0.05) is 19.8 Å². The van der Waals surface area contributed by atoms with Crippen LogP contribution in [-0.2, 0) is 0 Å². The number of nitrogen functional groups attached to an aromatic ring is 1. The molecule has 1 aromatic rings. The summed E-state index contributed by atoms with van der Waals surface area (Å²) in [5, 5.41) is 3.42. The zero-order valence-corrected chi connectivity index (χ0v) is 10.8. The molecular formula is C14H21N3O. The molecule has 98 valence electrons. The first-order chi connectivity index (χ1) is 8.56. The Balaban J connectivity index is 2.16. The second kappa shape index (κ2) is 5.29. The number of nitrogens with one attached hydrogen (secondary N) is 1. The summed E-state index contributed by atoms with van der Waals surface area (Å²) < 4.78 is 0. The molecule has 0 aliphatic heterocycles. The number of primary amides is 1. The zero-order valence-electron chi connectivity index (χ0n) is 10.8. The average Bonchev–Trinajstić information content (AvgIpc) is 2.28. The Morgan fingerprint density at radius 1 is 1.39 bits per heavy atom. The van der Waals surface area contributed by atoms with Gasteiger partial charge in [0, 0.05) is 17.4 Å². The van der Waals surface area contributed by atoms with Crippen molar-refractivity contribution in [2.75, 3.05) is 11.1 Å². The number of amides is 1. The van der Waals surface area contributed by atoms with Crippen LogP contribution in [0.4, 0.5) is 11.4 Å². The molecular weight excluding hydrogens is 226 g/mol. The summed E-state index contributed by atoms with van der Waals surface area (Å²) in [6.07, 6.45) is 4.79. The summed E-state index contributed by atoms with van der Waals surface area (Å²) in [5.41, 5.74) is 13.1. The van der Waals surface area contributed by atoms with Crippen molar-refractivity contribution in [3.8, 4) is 0 Å². The summed E-state index contributed by atoms with van der Waals surface area (Å²) in [6, 6.07) is 5.59. The molecule has 0 aromatic heterocycles. The summed E-state index contributed by atoms with van der Waals surface area (Å²) in [5.74, 6) is 0.315. The Morgan fingerprint density at radius 2 is 2.17 bits per heavy atom. The van der Waals surface area contributed by atoms with E-state index in [0.29, 0.717) is 17.3 Å². The molecule has 0 spiro atoms. The number of hydrogen-bond donors (Lipinski definition) is 3. The van der Waals surface area contributed by atoms with Crippen LogP contribution in [0, 0.1) is 5.92 Å². The largest absolute Gasteiger partial charge is 0.399 e. The van der Waals surface area contributed by atoms with Crippen molar-refractivity contribution in [2.24, 2.45) is 11.7 Å². The normalized spacial score (nSPS) is 23.6. The van der Waals surface area contributed by atoms with E-state index in [1.807, 2.05) is 0 Å². The fourth-order valence-corrected chi connectivity index (χ4v) is 2.68. The average molecular weight is 247 g/mol. The summed E-state index contributed by atoms with van der Waals surface area (Å²) in [7, 11) is 0. The SMILES string of the molecule is CC1CCCC(Nc2cc(N)ccc2C(N)=O)C1. The number of benzene rings is 1. The maximum absolute atomic E-state index is 11.4. The van der Waals surface area contributed by atoms with Gasteiger partial charge in [-0.05, 0) is 37.0 Å². The van der Waals surface area contributed by atoms with Crippen molar-refractivity contribution in [3.05, 3.63) is 23.8 Å². The number of hydrogen-bond acceptors (Lipinski definition) is 3. The van der Waals surface area contributed by atoms with Crippen LogP contribution in [-0.4, -0.2) is 11.9 Å². The van der Waals surface area contributed by atoms with Gasteiger partial charge >= 0.3 is 0 Å². The molecule has 2 rings (SSSR count). The Morgan fingerprint density at radius 3 is 2.83 bits per heavy atom. The van der Waals surface area contributed by atoms with Gasteiger partial charge in [-0.25, -0.2) is 0 Å². The lowest BCUT2D eigenvalue weighted by Crippen LogP contribution is -2.27. The molecule has 0 saturated heterocycles. The van der Waals surface area contributed by atoms with E-state index >= 15 is 0 Å². The maximum Gasteiger partial charge on any atom is 0.250 e. The first-order valence-electron chi connectivity index (χ1n) is 6.52. The van der Waals surface area contributed by atoms with E-state index in [0.717, 1.165) is 24.4 Å². The van der Waals surface area contributed by atoms with Gasteiger partial charge in [0.05, 0.1) is 5.56 Å². The molecule has 18 heavy (non-hydrogen) atoms. The third-order valence-electron chi connectivity index (χ3n) is 3.61. The smallest absolute Gasteiger partial charge is 0.250 e. The van der Waals surface area contributed by atoms with E-state index in [9.17, 15) is 4.79 Å². The molecule has 4 nitrogen and oxygen atoms in total. The lowest BCUT2D eigenvalue weighted by Gasteiger charge is -2.29. The molecule has 0 heterocycles. The van der Waals surface area contributed by atoms with Crippen molar-refractivity contribution in [1.82, 2.24) is 0 Å². The van der Waals surface area contributed by atoms with Crippen molar-refractivity contribution < 1.29 is 4.79 Å². The van der Waals surface area contributed by atoms with Crippen LogP contribution >= 0.6 is 0 Å². The second-order valence-corrected chi connectivity index (χ2v) is 5.28. The number of carbonyl (C=O) groups is 1. The molecule has 2 atom stereocenters. The van der Waals surface area contributed by atoms with Crippen molar-refractivity contribution in [3.63, 3.8) is 0 Å². The quantitative estimate of drug-likeness (QED) is 0.717. The minimum Gasteiger partial charge on any atom is -0.399 e. The first-order valence-corrected chi connectivity index (χ1v) is 6.52. The third-order valence-corrected chi connectivity index (χ3v) is 3.61. The van der Waals surface area contributed by atoms with Crippen LogP contribution in [0.15, 0.2) is 18.2 Å². The van der Waals surface area contributed by atoms with Crippen LogP contribution in [0.3, 0.4) is 0 Å². The molecule has 4 heteroatoms. The van der Waals surface area contributed by atoms with Gasteiger partial charge in [0.25, 0.3) is 5.91 Å². The van der Waals surface area contributed by atoms with Gasteiger partial charge in [-0.15, -0.1) is 0 Å². The fraction of sp³-hybridized carbons (Fsp3) is 0.500. The van der Waals surface area contributed by atoms with E-state index in [4.69, 9.17) is 11.5 Å². The second-order valence-electron chi connectivity index (χ2n) is 5.28. The van der Waals surface area contributed by atoms with E-state index in [1.165, 1.54) is 12.8 Å². The van der Waals surface area contributed by atoms with Gasteiger partial charge in [0.2, 0.25) is 0 Å². The predicted molar refractivity (Wildman–Crippen MR) is 74.4 cm³/mol. The molecule has 1 fully saturated rings. The van der Waals surface area contributed by atoms with Gasteiger partial charge in [0.1, 0.15) is 0 Å². The standard InChI is InChI=1S/C14H21N3O/c1-9-3-2-4-11(7-9)17-13-8-10(15)5-6-12(13)14(16)18/h5-6,8-9,11,17H,2-4,7,15H2,1H3,(H2,16,18). The third kappa shape index (κ3) is 2.94. The topological polar surface area (TPSA) is 81.1 Å². The highest BCUT2D eigenvalue weighted by Gasteiger charge is 2.20. The van der Waals surface area contributed by atoms with Crippen LogP contribution in [0.1, 0.15) is 43.0 Å². The van der Waals surface area contributed by atoms with Gasteiger partial charge in [-0.3, -0.25) is 4.79 Å². The number of rotatable bonds is 3. The summed E-state index contributed by atoms with van der Waals surface area (Å²) in [4.78, 5) is 11.4. The lowest BCUT2D eigenvalue weighted by atomic mass is 9.87. The highest BCUT2D eigenvalue weighted by molar-refractivity contribution is 5.99. The van der Waals surface area contributed by atoms with Gasteiger partial charge in [-0.2, -0.15) is 0 Å². The number of anilines is 2. The molecule has 1 amide bonds. The Hall–Kier alpha value is -1.71. The molecule has 1 aromatic carbocycles. The lowest BCUT2D eigenvalue weighted by molar-refractivity contribution is 0.100. The van der Waals surface area contributed by atoms with Crippen molar-refractivity contribution in [1.29, 1.82) is 0 Å². The number of nitrogens with two attached hydrogens (primary N) is 2. The highest BCUT2D eigenvalue weighted by Crippen LogP contribution is 2.28. The number of carbonyl (C=O) groups excluding carboxylic acids is 1. The van der Waals surface area contributed by atoms with E-state index in [-0.39, 0.29) is 0 Å². The van der Waals surface area contributed by atoms with Crippen LogP contribution in [0.5, 0.6) is 0 Å². The molecule has 0 bridgehead atoms. The van der Waals surface area contributed by atoms with E-state index < -0.39 is 5.91 Å². The maximum atomic E-state index is 11.4. The highest BCUT2D eigenvalue weighted by atomic mass is 16.1. The minimum absolute atomic E-state index is 0.411. The predicted octanol–water partition coefficient (Wildman–Crippen LogP) is 2.36. The van der Waals surface area contributed by atoms with E-state index in [1.54, 1.807) is 18.2 Å². The van der Waals surface area contributed by atoms with Crippen molar-refractivity contribution >= 4 is 17.3 Å². The molecule has 2 unspecified atom stereocenters. The van der Waals surface area contributed by atoms with Gasteiger partial charge in [0.15, 0.2) is 0 Å². The molecule has 5 N–H and O–H groups in total. The Bertz CT molecular complexity index is 445. The van der Waals surface area contributed by atoms with Crippen LogP contribution in [0.25, 0.3) is 0 Å². The zero-order chi connectivity index (χ0) is 13.1. The summed E-state index contributed by atoms with van der Waals surface area (Å²) >= 11 is 0. The summed E-state index contributed by atoms with van der Waals surface area (Å²) in [6.45, 7) is 2.27. The first kappa shape index (κ1) is 12.7. The molecule has 1 aliphatic carbocycles. The fourth-order valence-electron chi connectivity index (χ4n) is 2.68. The van der Waals surface area contributed by atoms with Crippen molar-refractivity contribution in [2.45, 2.75) is 38.6 Å². The minimum atomic E-state index is -0.415. The Kier molecular flexibility index (Phi) is 3.75. The monoisotopic (exact) mass is 247 g/mol.